The van der Waals surface area contributed by atoms with E-state index in [4.69, 9.17) is 6.58 Å². The molecular weight excluding hydrogens is 88.1 g/mol. The fraction of sp³-hybridized carbons (Fsp3) is 0. The molecule has 1 rings (SSSR count). The van der Waals surface area contributed by atoms with Crippen molar-refractivity contribution in [2.75, 3.05) is 0 Å². The van der Waals surface area contributed by atoms with Gasteiger partial charge < -0.3 is 5.32 Å². The lowest BCUT2D eigenvalue weighted by Gasteiger charge is -1.89. The van der Waals surface area contributed by atoms with Gasteiger partial charge in [-0.25, -0.2) is 4.99 Å². The van der Waals surface area contributed by atoms with Gasteiger partial charge in [-0.05, 0) is 0 Å². The Hall–Kier alpha value is -1.14. The fourth-order valence-electron chi connectivity index (χ4n) is 0.326. The normalized spacial score (nSPS) is 16.7. The van der Waals surface area contributed by atoms with Crippen molar-refractivity contribution in [2.45, 2.75) is 0 Å². The van der Waals surface area contributed by atoms with E-state index in [0.29, 0.717) is 5.70 Å². The molecule has 0 saturated carbocycles. The van der Waals surface area contributed by atoms with E-state index in [1.54, 1.807) is 12.3 Å². The van der Waals surface area contributed by atoms with Crippen LogP contribution in [-0.4, -0.2) is 6.34 Å². The first-order chi connectivity index (χ1) is 3.39. The molecule has 0 aromatic carbocycles. The van der Waals surface area contributed by atoms with Gasteiger partial charge in [0, 0.05) is 0 Å². The van der Waals surface area contributed by atoms with Crippen LogP contribution in [0.25, 0.3) is 0 Å². The molecule has 1 heterocycles. The zero-order valence-electron chi connectivity index (χ0n) is 3.76. The molecule has 34 valence electrons. The second-order valence-corrected chi connectivity index (χ2v) is 1.19. The lowest BCUT2D eigenvalue weighted by atomic mass is 10.4. The van der Waals surface area contributed by atoms with Crippen LogP contribution in [0.1, 0.15) is 0 Å². The topological polar surface area (TPSA) is 24.4 Å². The third-order valence-corrected chi connectivity index (χ3v) is 0.646. The Balaban J connectivity index is 2.66. The molecule has 0 atom stereocenters. The highest BCUT2D eigenvalue weighted by atomic mass is 15.0. The lowest BCUT2D eigenvalue weighted by molar-refractivity contribution is 1.18. The van der Waals surface area contributed by atoms with Crippen molar-refractivity contribution >= 4 is 6.34 Å². The fourth-order valence-corrected chi connectivity index (χ4v) is 0.326. The van der Waals surface area contributed by atoms with E-state index in [0.717, 1.165) is 0 Å². The molecule has 7 heavy (non-hydrogen) atoms. The van der Waals surface area contributed by atoms with Crippen LogP contribution in [0, 0.1) is 6.58 Å². The number of hydrogen-bond donors (Lipinski definition) is 1. The Bertz CT molecular complexity index is 133. The van der Waals surface area contributed by atoms with Gasteiger partial charge in [0.05, 0.1) is 12.9 Å². The summed E-state index contributed by atoms with van der Waals surface area (Å²) in [5, 5.41) is 2.70. The maximum absolute atomic E-state index is 5.26. The predicted octanol–water partition coefficient (Wildman–Crippen LogP) is 0.448. The molecular formula is C5H5N2+. The third kappa shape index (κ3) is 0.845. The van der Waals surface area contributed by atoms with Gasteiger partial charge in [-0.15, -0.1) is 0 Å². The van der Waals surface area contributed by atoms with Gasteiger partial charge >= 0.3 is 0 Å². The van der Waals surface area contributed by atoms with E-state index in [2.05, 4.69) is 10.3 Å². The van der Waals surface area contributed by atoms with Crippen LogP contribution in [0.3, 0.4) is 0 Å². The van der Waals surface area contributed by atoms with Crippen molar-refractivity contribution in [1.82, 2.24) is 5.32 Å². The third-order valence-electron chi connectivity index (χ3n) is 0.646. The van der Waals surface area contributed by atoms with Crippen LogP contribution >= 0.6 is 0 Å². The van der Waals surface area contributed by atoms with Crippen LogP contribution in [0.4, 0.5) is 0 Å². The summed E-state index contributed by atoms with van der Waals surface area (Å²) in [6.45, 7) is 5.26. The molecule has 0 bridgehead atoms. The SMILES string of the molecule is [CH+]=C1C=CN=CN1. The maximum atomic E-state index is 5.26. The van der Waals surface area contributed by atoms with Crippen LogP contribution in [-0.2, 0) is 0 Å². The van der Waals surface area contributed by atoms with Gasteiger partial charge in [-0.3, -0.25) is 0 Å². The molecule has 0 amide bonds. The summed E-state index contributed by atoms with van der Waals surface area (Å²) in [6.07, 6.45) is 4.86. The summed E-state index contributed by atoms with van der Waals surface area (Å²) < 4.78 is 0. The van der Waals surface area contributed by atoms with Crippen LogP contribution in [0.15, 0.2) is 23.0 Å². The van der Waals surface area contributed by atoms with Crippen LogP contribution < -0.4 is 5.32 Å². The highest BCUT2D eigenvalue weighted by molar-refractivity contribution is 5.60. The predicted molar refractivity (Wildman–Crippen MR) is 28.6 cm³/mol. The molecule has 0 spiro atoms. The summed E-state index contributed by atoms with van der Waals surface area (Å²) in [7, 11) is 0. The molecule has 1 aliphatic heterocycles. The van der Waals surface area contributed by atoms with E-state index < -0.39 is 0 Å². The van der Waals surface area contributed by atoms with Gasteiger partial charge in [0.2, 0.25) is 0 Å². The van der Waals surface area contributed by atoms with Crippen molar-refractivity contribution in [3.05, 3.63) is 24.6 Å². The van der Waals surface area contributed by atoms with Gasteiger partial charge in [0.15, 0.2) is 0 Å². The number of rotatable bonds is 0. The highest BCUT2D eigenvalue weighted by Crippen LogP contribution is 1.88. The zero-order valence-corrected chi connectivity index (χ0v) is 3.76. The molecule has 1 N–H and O–H groups in total. The first kappa shape index (κ1) is 4.03. The molecule has 0 aliphatic carbocycles. The Morgan fingerprint density at radius 1 is 1.71 bits per heavy atom. The number of nitrogens with zero attached hydrogens (tertiary/aromatic N) is 1. The molecule has 0 aromatic heterocycles. The molecule has 0 radical (unpaired) electrons. The zero-order chi connectivity index (χ0) is 5.11. The second-order valence-electron chi connectivity index (χ2n) is 1.19. The molecule has 0 saturated heterocycles. The number of hydrogen-bond acceptors (Lipinski definition) is 2. The Morgan fingerprint density at radius 3 is 2.86 bits per heavy atom. The molecule has 0 aromatic rings. The van der Waals surface area contributed by atoms with Crippen molar-refractivity contribution in [3.8, 4) is 0 Å². The van der Waals surface area contributed by atoms with Gasteiger partial charge in [-0.1, -0.05) is 0 Å². The van der Waals surface area contributed by atoms with Gasteiger partial charge in [0.1, 0.15) is 12.3 Å². The Labute approximate surface area is 42.3 Å². The van der Waals surface area contributed by atoms with Crippen molar-refractivity contribution in [3.63, 3.8) is 0 Å². The quantitative estimate of drug-likeness (QED) is 0.432. The molecule has 0 unspecified atom stereocenters. The van der Waals surface area contributed by atoms with E-state index in [1.807, 2.05) is 0 Å². The second kappa shape index (κ2) is 1.54. The van der Waals surface area contributed by atoms with Crippen molar-refractivity contribution < 1.29 is 0 Å². The van der Waals surface area contributed by atoms with Crippen LogP contribution in [0.2, 0.25) is 0 Å². The lowest BCUT2D eigenvalue weighted by Crippen LogP contribution is -2.09. The van der Waals surface area contributed by atoms with Crippen molar-refractivity contribution in [1.29, 1.82) is 0 Å². The summed E-state index contributed by atoms with van der Waals surface area (Å²) in [6, 6.07) is 0. The van der Waals surface area contributed by atoms with E-state index in [1.165, 1.54) is 6.34 Å². The standard InChI is InChI=1S/C5H5N2/c1-5-2-3-6-4-7-5/h1-4H,(H,6,7)/q+1. The maximum Gasteiger partial charge on any atom is 0.260 e. The number of allylic oxidation sites excluding steroid dienone is 1. The first-order valence-electron chi connectivity index (χ1n) is 1.97. The minimum Gasteiger partial charge on any atom is -0.305 e. The summed E-state index contributed by atoms with van der Waals surface area (Å²) in [5.41, 5.74) is 0.634. The smallest absolute Gasteiger partial charge is 0.260 e. The molecule has 2 nitrogen and oxygen atoms in total. The molecule has 0 fully saturated rings. The minimum absolute atomic E-state index is 0.634. The summed E-state index contributed by atoms with van der Waals surface area (Å²) in [5.74, 6) is 0. The average molecular weight is 93.1 g/mol. The van der Waals surface area contributed by atoms with E-state index in [9.17, 15) is 0 Å². The van der Waals surface area contributed by atoms with Gasteiger partial charge in [0.25, 0.3) is 5.70 Å². The van der Waals surface area contributed by atoms with Crippen LogP contribution in [0.5, 0.6) is 0 Å². The molecule has 1 aliphatic rings. The largest absolute Gasteiger partial charge is 0.305 e. The highest BCUT2D eigenvalue weighted by Gasteiger charge is 1.95. The average Bonchev–Trinajstić information content (AvgIpc) is 1.69. The summed E-state index contributed by atoms with van der Waals surface area (Å²) >= 11 is 0. The Kier molecular flexibility index (Phi) is 0.886. The summed E-state index contributed by atoms with van der Waals surface area (Å²) in [4.78, 5) is 3.71. The Morgan fingerprint density at radius 2 is 2.57 bits per heavy atom. The number of nitrogens with one attached hydrogen (secondary N) is 1. The molecule has 2 heteroatoms. The van der Waals surface area contributed by atoms with E-state index in [-0.39, 0.29) is 0 Å². The minimum atomic E-state index is 0.634. The number of aliphatic imine (C=N–C) groups is 1. The van der Waals surface area contributed by atoms with Crippen molar-refractivity contribution in [2.24, 2.45) is 4.99 Å². The monoisotopic (exact) mass is 93.0 g/mol. The first-order valence-corrected chi connectivity index (χ1v) is 1.97. The van der Waals surface area contributed by atoms with Gasteiger partial charge in [-0.2, -0.15) is 0 Å². The van der Waals surface area contributed by atoms with E-state index >= 15 is 0 Å².